The minimum Gasteiger partial charge on any atom is -0.322 e. The summed E-state index contributed by atoms with van der Waals surface area (Å²) in [6.45, 7) is 3.88. The molecular formula is C23H20IN3O3. The molecule has 0 radical (unpaired) electrons. The van der Waals surface area contributed by atoms with Crippen LogP contribution in [0.5, 0.6) is 0 Å². The molecule has 30 heavy (non-hydrogen) atoms. The molecule has 0 bridgehead atoms. The molecule has 0 fully saturated rings. The van der Waals surface area contributed by atoms with Crippen molar-refractivity contribution in [2.24, 2.45) is 0 Å². The van der Waals surface area contributed by atoms with Gasteiger partial charge in [-0.15, -0.1) is 0 Å². The highest BCUT2D eigenvalue weighted by Crippen LogP contribution is 2.14. The van der Waals surface area contributed by atoms with Gasteiger partial charge in [-0.05, 0) is 90.5 Å². The fourth-order valence-corrected chi connectivity index (χ4v) is 3.20. The van der Waals surface area contributed by atoms with E-state index in [1.54, 1.807) is 48.5 Å². The van der Waals surface area contributed by atoms with E-state index in [0.717, 1.165) is 14.7 Å². The van der Waals surface area contributed by atoms with E-state index in [9.17, 15) is 14.4 Å². The van der Waals surface area contributed by atoms with E-state index < -0.39 is 11.8 Å². The van der Waals surface area contributed by atoms with E-state index in [1.165, 1.54) is 0 Å². The lowest BCUT2D eigenvalue weighted by molar-refractivity contribution is 0.0846. The van der Waals surface area contributed by atoms with Crippen molar-refractivity contribution in [2.75, 3.05) is 5.32 Å². The predicted octanol–water partition coefficient (Wildman–Crippen LogP) is 4.24. The summed E-state index contributed by atoms with van der Waals surface area (Å²) in [6, 6.07) is 19.0. The number of rotatable bonds is 4. The van der Waals surface area contributed by atoms with Crippen LogP contribution in [0.2, 0.25) is 0 Å². The Balaban J connectivity index is 1.57. The molecule has 0 spiro atoms. The number of nitrogens with one attached hydrogen (secondary N) is 3. The molecule has 0 aliphatic rings. The van der Waals surface area contributed by atoms with Crippen molar-refractivity contribution in [3.8, 4) is 0 Å². The number of benzene rings is 3. The summed E-state index contributed by atoms with van der Waals surface area (Å²) in [5.74, 6) is -1.08. The average molecular weight is 513 g/mol. The first-order chi connectivity index (χ1) is 14.3. The number of carbonyl (C=O) groups excluding carboxylic acids is 3. The first-order valence-electron chi connectivity index (χ1n) is 9.18. The maximum atomic E-state index is 12.3. The standard InChI is InChI=1S/C23H20IN3O3/c1-14-4-3-5-17(12-14)21(28)25-19-10-8-16(9-11-19)22(29)26-27-23(30)18-7-6-15(2)20(24)13-18/h3-13H,1-2H3,(H,25,28)(H,26,29)(H,27,30). The van der Waals surface area contributed by atoms with Crippen molar-refractivity contribution in [2.45, 2.75) is 13.8 Å². The maximum Gasteiger partial charge on any atom is 0.269 e. The van der Waals surface area contributed by atoms with E-state index in [1.807, 2.05) is 32.0 Å². The molecule has 7 heteroatoms. The zero-order valence-electron chi connectivity index (χ0n) is 16.5. The van der Waals surface area contributed by atoms with Crippen molar-refractivity contribution in [3.05, 3.63) is 98.1 Å². The summed E-state index contributed by atoms with van der Waals surface area (Å²) in [7, 11) is 0. The highest BCUT2D eigenvalue weighted by atomic mass is 127. The second-order valence-electron chi connectivity index (χ2n) is 6.77. The van der Waals surface area contributed by atoms with Crippen LogP contribution in [0.3, 0.4) is 0 Å². The lowest BCUT2D eigenvalue weighted by atomic mass is 10.1. The Morgan fingerprint density at radius 2 is 1.30 bits per heavy atom. The molecule has 0 aliphatic carbocycles. The second-order valence-corrected chi connectivity index (χ2v) is 7.94. The Labute approximate surface area is 188 Å². The molecule has 0 unspecified atom stereocenters. The van der Waals surface area contributed by atoms with Crippen LogP contribution < -0.4 is 16.2 Å². The molecule has 3 aromatic carbocycles. The number of aryl methyl sites for hydroxylation is 2. The lowest BCUT2D eigenvalue weighted by Crippen LogP contribution is -2.41. The van der Waals surface area contributed by atoms with Gasteiger partial charge in [0.15, 0.2) is 0 Å². The van der Waals surface area contributed by atoms with Gasteiger partial charge in [0.2, 0.25) is 0 Å². The lowest BCUT2D eigenvalue weighted by Gasteiger charge is -2.09. The van der Waals surface area contributed by atoms with E-state index in [2.05, 4.69) is 38.8 Å². The molecule has 0 aromatic heterocycles. The van der Waals surface area contributed by atoms with Crippen molar-refractivity contribution in [1.82, 2.24) is 10.9 Å². The number of hydrazine groups is 1. The van der Waals surface area contributed by atoms with Crippen LogP contribution in [0.4, 0.5) is 5.69 Å². The van der Waals surface area contributed by atoms with Crippen LogP contribution in [0.1, 0.15) is 42.2 Å². The molecule has 3 rings (SSSR count). The number of hydrogen-bond acceptors (Lipinski definition) is 3. The summed E-state index contributed by atoms with van der Waals surface area (Å²) >= 11 is 2.15. The third-order valence-corrected chi connectivity index (χ3v) is 5.57. The van der Waals surface area contributed by atoms with E-state index in [4.69, 9.17) is 0 Å². The third-order valence-electron chi connectivity index (χ3n) is 4.41. The van der Waals surface area contributed by atoms with Gasteiger partial charge in [0.1, 0.15) is 0 Å². The van der Waals surface area contributed by atoms with Crippen LogP contribution in [-0.4, -0.2) is 17.7 Å². The predicted molar refractivity (Wildman–Crippen MR) is 124 cm³/mol. The molecule has 152 valence electrons. The Hall–Kier alpha value is -3.20. The summed E-state index contributed by atoms with van der Waals surface area (Å²) in [6.07, 6.45) is 0. The van der Waals surface area contributed by atoms with Gasteiger partial charge >= 0.3 is 0 Å². The third kappa shape index (κ3) is 5.44. The average Bonchev–Trinajstić information content (AvgIpc) is 2.74. The van der Waals surface area contributed by atoms with Crippen LogP contribution in [0, 0.1) is 17.4 Å². The van der Waals surface area contributed by atoms with Gasteiger partial charge < -0.3 is 5.32 Å². The minimum atomic E-state index is -0.457. The number of halogens is 1. The highest BCUT2D eigenvalue weighted by Gasteiger charge is 2.11. The summed E-state index contributed by atoms with van der Waals surface area (Å²) < 4.78 is 0.967. The zero-order chi connectivity index (χ0) is 21.7. The number of hydrogen-bond donors (Lipinski definition) is 3. The van der Waals surface area contributed by atoms with Gasteiger partial charge in [0.25, 0.3) is 17.7 Å². The van der Waals surface area contributed by atoms with Gasteiger partial charge in [-0.2, -0.15) is 0 Å². The fourth-order valence-electron chi connectivity index (χ4n) is 2.69. The van der Waals surface area contributed by atoms with Gasteiger partial charge in [0.05, 0.1) is 0 Å². The topological polar surface area (TPSA) is 87.3 Å². The van der Waals surface area contributed by atoms with Crippen LogP contribution in [0.25, 0.3) is 0 Å². The highest BCUT2D eigenvalue weighted by molar-refractivity contribution is 14.1. The SMILES string of the molecule is Cc1cccc(C(=O)Nc2ccc(C(=O)NNC(=O)c3ccc(C)c(I)c3)cc2)c1. The number of amides is 3. The summed E-state index contributed by atoms with van der Waals surface area (Å²) in [5, 5.41) is 2.79. The van der Waals surface area contributed by atoms with Crippen molar-refractivity contribution < 1.29 is 14.4 Å². The van der Waals surface area contributed by atoms with Gasteiger partial charge in [0, 0.05) is 25.9 Å². The van der Waals surface area contributed by atoms with Crippen LogP contribution >= 0.6 is 22.6 Å². The van der Waals surface area contributed by atoms with Gasteiger partial charge in [-0.3, -0.25) is 25.2 Å². The molecule has 3 N–H and O–H groups in total. The molecule has 0 saturated heterocycles. The van der Waals surface area contributed by atoms with Gasteiger partial charge in [-0.1, -0.05) is 23.8 Å². The van der Waals surface area contributed by atoms with E-state index >= 15 is 0 Å². The molecule has 0 saturated carbocycles. The molecular weight excluding hydrogens is 493 g/mol. The van der Waals surface area contributed by atoms with Crippen LogP contribution in [0.15, 0.2) is 66.7 Å². The summed E-state index contributed by atoms with van der Waals surface area (Å²) in [4.78, 5) is 36.8. The smallest absolute Gasteiger partial charge is 0.269 e. The number of anilines is 1. The van der Waals surface area contributed by atoms with Crippen molar-refractivity contribution in [3.63, 3.8) is 0 Å². The van der Waals surface area contributed by atoms with Crippen molar-refractivity contribution in [1.29, 1.82) is 0 Å². The van der Waals surface area contributed by atoms with Crippen LogP contribution in [-0.2, 0) is 0 Å². The van der Waals surface area contributed by atoms with Crippen molar-refractivity contribution >= 4 is 46.0 Å². The quantitative estimate of drug-likeness (QED) is 0.361. The molecule has 3 aromatic rings. The maximum absolute atomic E-state index is 12.3. The Kier molecular flexibility index (Phi) is 6.83. The Bertz CT molecular complexity index is 1110. The van der Waals surface area contributed by atoms with E-state index in [0.29, 0.717) is 22.4 Å². The largest absolute Gasteiger partial charge is 0.322 e. The molecule has 6 nitrogen and oxygen atoms in total. The second kappa shape index (κ2) is 9.53. The Morgan fingerprint density at radius 1 is 0.700 bits per heavy atom. The normalized spacial score (nSPS) is 10.2. The molecule has 0 aliphatic heterocycles. The first kappa shape index (κ1) is 21.5. The first-order valence-corrected chi connectivity index (χ1v) is 10.3. The number of carbonyl (C=O) groups is 3. The molecule has 3 amide bonds. The zero-order valence-corrected chi connectivity index (χ0v) is 18.6. The Morgan fingerprint density at radius 3 is 1.93 bits per heavy atom. The molecule has 0 atom stereocenters. The fraction of sp³-hybridized carbons (Fsp3) is 0.0870. The summed E-state index contributed by atoms with van der Waals surface area (Å²) in [5.41, 5.74) is 8.81. The monoisotopic (exact) mass is 513 g/mol. The minimum absolute atomic E-state index is 0.226. The van der Waals surface area contributed by atoms with E-state index in [-0.39, 0.29) is 5.91 Å². The molecule has 0 heterocycles. The van der Waals surface area contributed by atoms with Gasteiger partial charge in [-0.25, -0.2) is 0 Å².